The van der Waals surface area contributed by atoms with Crippen molar-refractivity contribution in [2.75, 3.05) is 21.1 Å². The molecule has 1 rings (SSSR count). The van der Waals surface area contributed by atoms with E-state index in [9.17, 15) is 4.79 Å². The molecule has 15 heavy (non-hydrogen) atoms. The van der Waals surface area contributed by atoms with Crippen LogP contribution in [0.3, 0.4) is 0 Å². The highest BCUT2D eigenvalue weighted by atomic mass is 16.2. The monoisotopic (exact) mass is 216 g/mol. The lowest BCUT2D eigenvalue weighted by Crippen LogP contribution is -2.30. The molecule has 0 atom stereocenters. The lowest BCUT2D eigenvalue weighted by molar-refractivity contribution is -0.133. The van der Waals surface area contributed by atoms with E-state index in [0.717, 1.165) is 12.8 Å². The Morgan fingerprint density at radius 1 is 1.07 bits per heavy atom. The zero-order chi connectivity index (χ0) is 12.3. The van der Waals surface area contributed by atoms with Gasteiger partial charge < -0.3 is 10.6 Å². The van der Waals surface area contributed by atoms with Crippen molar-refractivity contribution in [3.8, 4) is 0 Å². The minimum atomic E-state index is 0.324. The molecule has 0 aromatic carbocycles. The third kappa shape index (κ3) is 7.37. The van der Waals surface area contributed by atoms with Crippen LogP contribution in [0.2, 0.25) is 0 Å². The van der Waals surface area contributed by atoms with E-state index in [-0.39, 0.29) is 0 Å². The van der Waals surface area contributed by atoms with E-state index >= 15 is 0 Å². The summed E-state index contributed by atoms with van der Waals surface area (Å²) >= 11 is 0. The van der Waals surface area contributed by atoms with E-state index in [1.807, 2.05) is 27.9 Å². The Bertz CT molecular complexity index is 141. The van der Waals surface area contributed by atoms with Gasteiger partial charge in [-0.3, -0.25) is 4.79 Å². The average molecular weight is 216 g/mol. The predicted octanol–water partition coefficient (Wildman–Crippen LogP) is 2.26. The van der Waals surface area contributed by atoms with Crippen molar-refractivity contribution in [3.05, 3.63) is 0 Å². The molecule has 0 radical (unpaired) electrons. The maximum absolute atomic E-state index is 11.4. The molecule has 1 saturated carbocycles. The minimum absolute atomic E-state index is 0.324. The van der Waals surface area contributed by atoms with Crippen molar-refractivity contribution >= 4 is 5.91 Å². The van der Waals surface area contributed by atoms with Crippen LogP contribution in [0, 0.1) is 5.92 Å². The maximum Gasteiger partial charge on any atom is 0.225 e. The first-order valence-electron chi connectivity index (χ1n) is 6.00. The largest absolute Gasteiger partial charge is 0.349 e. The Labute approximate surface area is 95.0 Å². The lowest BCUT2D eigenvalue weighted by atomic mass is 9.88. The van der Waals surface area contributed by atoms with Gasteiger partial charge in [0.05, 0.1) is 0 Å². The summed E-state index contributed by atoms with van der Waals surface area (Å²) in [5.41, 5.74) is 4.50. The van der Waals surface area contributed by atoms with Gasteiger partial charge in [0.25, 0.3) is 0 Å². The molecule has 1 aliphatic carbocycles. The summed E-state index contributed by atoms with van der Waals surface area (Å²) in [6, 6.07) is 0. The van der Waals surface area contributed by atoms with Gasteiger partial charge in [-0.05, 0) is 19.9 Å². The molecule has 1 amide bonds. The number of carbonyl (C=O) groups excluding carboxylic acids is 1. The van der Waals surface area contributed by atoms with E-state index in [4.69, 9.17) is 0 Å². The van der Waals surface area contributed by atoms with Crippen LogP contribution in [0.25, 0.3) is 0 Å². The highest BCUT2D eigenvalue weighted by Gasteiger charge is 2.21. The first-order chi connectivity index (χ1) is 7.22. The second-order valence-electron chi connectivity index (χ2n) is 3.57. The number of hydrogen-bond donors (Lipinski definition) is 1. The molecular formula is C12H28N2O. The molecule has 0 saturated heterocycles. The Hall–Kier alpha value is -0.570. The van der Waals surface area contributed by atoms with Gasteiger partial charge in [0, 0.05) is 20.0 Å². The van der Waals surface area contributed by atoms with Crippen LogP contribution < -0.4 is 5.73 Å². The molecule has 0 heterocycles. The van der Waals surface area contributed by atoms with E-state index in [2.05, 4.69) is 5.73 Å². The van der Waals surface area contributed by atoms with Crippen molar-refractivity contribution in [2.24, 2.45) is 11.7 Å². The normalized spacial score (nSPS) is 15.3. The quantitative estimate of drug-likeness (QED) is 0.731. The fourth-order valence-electron chi connectivity index (χ4n) is 1.71. The standard InChI is InChI=1S/C9H17NO.C2H6.CH5N/c1-10(2)9(11)8-6-4-3-5-7-8;2*1-2/h8H,3-7H2,1-2H3;1-2H3;2H2,1H3. The number of rotatable bonds is 1. The van der Waals surface area contributed by atoms with E-state index < -0.39 is 0 Å². The van der Waals surface area contributed by atoms with Gasteiger partial charge in [0.15, 0.2) is 0 Å². The molecule has 0 aliphatic heterocycles. The molecule has 1 fully saturated rings. The zero-order valence-electron chi connectivity index (χ0n) is 11.0. The van der Waals surface area contributed by atoms with E-state index in [1.54, 1.807) is 4.90 Å². The Balaban J connectivity index is 0. The van der Waals surface area contributed by atoms with Crippen molar-refractivity contribution < 1.29 is 4.79 Å². The summed E-state index contributed by atoms with van der Waals surface area (Å²) < 4.78 is 0. The zero-order valence-corrected chi connectivity index (χ0v) is 11.0. The highest BCUT2D eigenvalue weighted by molar-refractivity contribution is 5.78. The Kier molecular flexibility index (Phi) is 12.9. The van der Waals surface area contributed by atoms with Gasteiger partial charge >= 0.3 is 0 Å². The topological polar surface area (TPSA) is 46.3 Å². The van der Waals surface area contributed by atoms with Crippen LogP contribution in [0.5, 0.6) is 0 Å². The number of nitrogens with two attached hydrogens (primary N) is 1. The second kappa shape index (κ2) is 11.5. The number of hydrogen-bond acceptors (Lipinski definition) is 2. The molecule has 92 valence electrons. The van der Waals surface area contributed by atoms with Gasteiger partial charge in [-0.15, -0.1) is 0 Å². The summed E-state index contributed by atoms with van der Waals surface area (Å²) in [4.78, 5) is 13.1. The van der Waals surface area contributed by atoms with E-state index in [1.165, 1.54) is 26.3 Å². The van der Waals surface area contributed by atoms with Crippen LogP contribution in [0.4, 0.5) is 0 Å². The molecule has 0 bridgehead atoms. The molecule has 0 aromatic rings. The van der Waals surface area contributed by atoms with E-state index in [0.29, 0.717) is 11.8 Å². The summed E-state index contributed by atoms with van der Waals surface area (Å²) in [5.74, 6) is 0.656. The third-order valence-electron chi connectivity index (χ3n) is 2.40. The third-order valence-corrected chi connectivity index (χ3v) is 2.40. The molecule has 3 heteroatoms. The number of nitrogens with zero attached hydrogens (tertiary/aromatic N) is 1. The lowest BCUT2D eigenvalue weighted by Gasteiger charge is -2.23. The first kappa shape index (κ1) is 16.8. The molecule has 1 aliphatic rings. The summed E-state index contributed by atoms with van der Waals surface area (Å²) in [5, 5.41) is 0. The summed E-state index contributed by atoms with van der Waals surface area (Å²) in [6.07, 6.45) is 6.01. The molecule has 2 N–H and O–H groups in total. The van der Waals surface area contributed by atoms with Gasteiger partial charge in [0.2, 0.25) is 5.91 Å². The molecule has 0 spiro atoms. The van der Waals surface area contributed by atoms with Gasteiger partial charge in [-0.1, -0.05) is 33.1 Å². The van der Waals surface area contributed by atoms with Gasteiger partial charge in [0.1, 0.15) is 0 Å². The highest BCUT2D eigenvalue weighted by Crippen LogP contribution is 2.24. The van der Waals surface area contributed by atoms with Crippen LogP contribution in [0.1, 0.15) is 46.0 Å². The summed E-state index contributed by atoms with van der Waals surface area (Å²) in [6.45, 7) is 4.00. The summed E-state index contributed by atoms with van der Waals surface area (Å²) in [7, 11) is 5.19. The minimum Gasteiger partial charge on any atom is -0.349 e. The van der Waals surface area contributed by atoms with Crippen molar-refractivity contribution in [1.82, 2.24) is 4.90 Å². The van der Waals surface area contributed by atoms with Crippen molar-refractivity contribution in [2.45, 2.75) is 46.0 Å². The van der Waals surface area contributed by atoms with Crippen molar-refractivity contribution in [1.29, 1.82) is 0 Å². The SMILES string of the molecule is CC.CN.CN(C)C(=O)C1CCCCC1. The van der Waals surface area contributed by atoms with Crippen LogP contribution in [0.15, 0.2) is 0 Å². The molecule has 0 aromatic heterocycles. The van der Waals surface area contributed by atoms with Crippen LogP contribution in [-0.4, -0.2) is 32.0 Å². The molecule has 0 unspecified atom stereocenters. The maximum atomic E-state index is 11.4. The Morgan fingerprint density at radius 3 is 1.80 bits per heavy atom. The predicted molar refractivity (Wildman–Crippen MR) is 66.7 cm³/mol. The smallest absolute Gasteiger partial charge is 0.225 e. The van der Waals surface area contributed by atoms with Gasteiger partial charge in [-0.2, -0.15) is 0 Å². The fraction of sp³-hybridized carbons (Fsp3) is 0.917. The molecular weight excluding hydrogens is 188 g/mol. The van der Waals surface area contributed by atoms with Gasteiger partial charge in [-0.25, -0.2) is 0 Å². The van der Waals surface area contributed by atoms with Crippen LogP contribution >= 0.6 is 0 Å². The molecule has 3 nitrogen and oxygen atoms in total. The van der Waals surface area contributed by atoms with Crippen molar-refractivity contribution in [3.63, 3.8) is 0 Å². The average Bonchev–Trinajstić information content (AvgIpc) is 2.34. The number of carbonyl (C=O) groups is 1. The fourth-order valence-corrected chi connectivity index (χ4v) is 1.71. The second-order valence-corrected chi connectivity index (χ2v) is 3.57. The van der Waals surface area contributed by atoms with Crippen LogP contribution in [-0.2, 0) is 4.79 Å². The Morgan fingerprint density at radius 2 is 1.47 bits per heavy atom. The first-order valence-corrected chi connectivity index (χ1v) is 6.00. The number of amides is 1.